The molecule has 0 radical (unpaired) electrons. The summed E-state index contributed by atoms with van der Waals surface area (Å²) >= 11 is 0. The Bertz CT molecular complexity index is 394. The quantitative estimate of drug-likeness (QED) is 0.550. The summed E-state index contributed by atoms with van der Waals surface area (Å²) in [5.74, 6) is -3.05. The monoisotopic (exact) mass is 303 g/mol. The topological polar surface area (TPSA) is 127 Å². The van der Waals surface area contributed by atoms with Gasteiger partial charge in [0.25, 0.3) is 0 Å². The summed E-state index contributed by atoms with van der Waals surface area (Å²) in [6, 6.07) is -0.901. The van der Waals surface area contributed by atoms with Gasteiger partial charge in [-0.3, -0.25) is 14.4 Å². The van der Waals surface area contributed by atoms with E-state index in [0.717, 1.165) is 4.90 Å². The molecule has 0 rings (SSSR count). The van der Waals surface area contributed by atoms with Crippen molar-refractivity contribution in [2.75, 3.05) is 26.2 Å². The molecule has 120 valence electrons. The third-order valence-corrected chi connectivity index (χ3v) is 2.36. The van der Waals surface area contributed by atoms with Crippen LogP contribution in [0.1, 0.15) is 20.8 Å². The number of carboxylic acids is 2. The molecule has 0 aromatic carbocycles. The van der Waals surface area contributed by atoms with Crippen LogP contribution in [0.4, 0.5) is 4.79 Å². The van der Waals surface area contributed by atoms with E-state index in [1.165, 1.54) is 0 Å². The lowest BCUT2D eigenvalue weighted by molar-refractivity contribution is -0.140. The van der Waals surface area contributed by atoms with Gasteiger partial charge in [-0.25, -0.2) is 4.79 Å². The van der Waals surface area contributed by atoms with Crippen LogP contribution >= 0.6 is 0 Å². The molecule has 3 N–H and O–H groups in total. The van der Waals surface area contributed by atoms with Crippen LogP contribution in [0.2, 0.25) is 0 Å². The molecule has 0 unspecified atom stereocenters. The minimum Gasteiger partial charge on any atom is -0.480 e. The highest BCUT2D eigenvalue weighted by atomic mass is 16.4. The Morgan fingerprint density at radius 1 is 0.952 bits per heavy atom. The second-order valence-corrected chi connectivity index (χ2v) is 4.66. The maximum Gasteiger partial charge on any atom is 0.323 e. The fourth-order valence-corrected chi connectivity index (χ4v) is 1.57. The molecule has 0 bridgehead atoms. The van der Waals surface area contributed by atoms with Gasteiger partial charge in [0.2, 0.25) is 5.91 Å². The zero-order valence-electron chi connectivity index (χ0n) is 12.3. The first-order chi connectivity index (χ1) is 9.67. The van der Waals surface area contributed by atoms with Crippen molar-refractivity contribution in [3.63, 3.8) is 0 Å². The van der Waals surface area contributed by atoms with Gasteiger partial charge in [-0.15, -0.1) is 0 Å². The van der Waals surface area contributed by atoms with Gasteiger partial charge < -0.3 is 25.3 Å². The van der Waals surface area contributed by atoms with E-state index in [1.807, 2.05) is 0 Å². The summed E-state index contributed by atoms with van der Waals surface area (Å²) in [4.78, 5) is 46.9. The highest BCUT2D eigenvalue weighted by Crippen LogP contribution is 2.00. The number of carboxylic acid groups (broad SMARTS) is 2. The maximum atomic E-state index is 12.1. The van der Waals surface area contributed by atoms with Crippen molar-refractivity contribution in [1.82, 2.24) is 15.1 Å². The number of hydrogen-bond acceptors (Lipinski definition) is 4. The van der Waals surface area contributed by atoms with Crippen molar-refractivity contribution in [3.8, 4) is 0 Å². The molecule has 0 fully saturated rings. The predicted molar refractivity (Wildman–Crippen MR) is 72.8 cm³/mol. The van der Waals surface area contributed by atoms with Crippen molar-refractivity contribution in [2.45, 2.75) is 26.8 Å². The normalized spacial score (nSPS) is 10.1. The van der Waals surface area contributed by atoms with Crippen molar-refractivity contribution in [1.29, 1.82) is 0 Å². The number of rotatable bonds is 8. The summed E-state index contributed by atoms with van der Waals surface area (Å²) in [6.45, 7) is 3.54. The molecule has 0 atom stereocenters. The van der Waals surface area contributed by atoms with Crippen LogP contribution in [0, 0.1) is 0 Å². The lowest BCUT2D eigenvalue weighted by atomic mass is 10.3. The van der Waals surface area contributed by atoms with E-state index in [2.05, 4.69) is 5.32 Å². The van der Waals surface area contributed by atoms with Crippen LogP contribution in [0.25, 0.3) is 0 Å². The number of likely N-dealkylation sites (N-methyl/N-ethyl adjacent to an activating group) is 1. The maximum absolute atomic E-state index is 12.1. The van der Waals surface area contributed by atoms with Crippen LogP contribution in [-0.2, 0) is 14.4 Å². The number of carbonyl (C=O) groups is 4. The van der Waals surface area contributed by atoms with Gasteiger partial charge in [0.1, 0.15) is 19.6 Å². The molecule has 0 saturated carbocycles. The van der Waals surface area contributed by atoms with Gasteiger partial charge in [0.15, 0.2) is 0 Å². The molecule has 9 nitrogen and oxygen atoms in total. The summed E-state index contributed by atoms with van der Waals surface area (Å²) in [6.07, 6.45) is 0. The Kier molecular flexibility index (Phi) is 7.80. The van der Waals surface area contributed by atoms with Gasteiger partial charge in [0, 0.05) is 12.6 Å². The largest absolute Gasteiger partial charge is 0.480 e. The Morgan fingerprint density at radius 3 is 1.76 bits per heavy atom. The summed E-state index contributed by atoms with van der Waals surface area (Å²) < 4.78 is 0. The molecule has 0 aliphatic heterocycles. The molecule has 0 aliphatic rings. The van der Waals surface area contributed by atoms with Gasteiger partial charge >= 0.3 is 18.0 Å². The fraction of sp³-hybridized carbons (Fsp3) is 0.667. The van der Waals surface area contributed by atoms with E-state index in [9.17, 15) is 19.2 Å². The first-order valence-electron chi connectivity index (χ1n) is 6.44. The highest BCUT2D eigenvalue weighted by Gasteiger charge is 2.25. The standard InChI is InChI=1S/C12H21N3O6/c1-4-14(5-9(16)13-8(2)3)12(21)15(6-10(17)18)7-11(19)20/h8H,4-7H2,1-3H3,(H,13,16)(H,17,18)(H,19,20). The molecule has 0 aromatic rings. The van der Waals surface area contributed by atoms with Crippen LogP contribution in [0.15, 0.2) is 0 Å². The second-order valence-electron chi connectivity index (χ2n) is 4.66. The van der Waals surface area contributed by atoms with Crippen molar-refractivity contribution < 1.29 is 29.4 Å². The number of nitrogens with one attached hydrogen (secondary N) is 1. The predicted octanol–water partition coefficient (Wildman–Crippen LogP) is -0.576. The number of urea groups is 1. The molecule has 21 heavy (non-hydrogen) atoms. The lowest BCUT2D eigenvalue weighted by Crippen LogP contribution is -2.50. The van der Waals surface area contributed by atoms with E-state index >= 15 is 0 Å². The molecule has 0 spiro atoms. The number of nitrogens with zero attached hydrogens (tertiary/aromatic N) is 2. The molecule has 0 aromatic heterocycles. The average molecular weight is 303 g/mol. The zero-order valence-corrected chi connectivity index (χ0v) is 12.3. The molecule has 0 saturated heterocycles. The fourth-order valence-electron chi connectivity index (χ4n) is 1.57. The summed E-state index contributed by atoms with van der Waals surface area (Å²) in [5, 5.41) is 20.0. The lowest BCUT2D eigenvalue weighted by Gasteiger charge is -2.27. The number of carbonyl (C=O) groups excluding carboxylic acids is 2. The van der Waals surface area contributed by atoms with Gasteiger partial charge in [-0.1, -0.05) is 0 Å². The second kappa shape index (κ2) is 8.77. The van der Waals surface area contributed by atoms with E-state index in [-0.39, 0.29) is 19.1 Å². The molecule has 9 heteroatoms. The van der Waals surface area contributed by atoms with Gasteiger partial charge in [-0.2, -0.15) is 0 Å². The molecule has 0 aliphatic carbocycles. The van der Waals surface area contributed by atoms with E-state index in [1.54, 1.807) is 20.8 Å². The first kappa shape index (κ1) is 18.7. The van der Waals surface area contributed by atoms with Crippen molar-refractivity contribution in [3.05, 3.63) is 0 Å². The van der Waals surface area contributed by atoms with Crippen molar-refractivity contribution >= 4 is 23.9 Å². The Hall–Kier alpha value is -2.32. The van der Waals surface area contributed by atoms with Crippen LogP contribution in [0.5, 0.6) is 0 Å². The third kappa shape index (κ3) is 7.75. The first-order valence-corrected chi connectivity index (χ1v) is 6.44. The van der Waals surface area contributed by atoms with Crippen LogP contribution in [-0.4, -0.2) is 76.1 Å². The van der Waals surface area contributed by atoms with Crippen molar-refractivity contribution in [2.24, 2.45) is 0 Å². The molecule has 0 heterocycles. The van der Waals surface area contributed by atoms with Gasteiger partial charge in [-0.05, 0) is 20.8 Å². The number of hydrogen-bond donors (Lipinski definition) is 3. The Morgan fingerprint density at radius 2 is 1.43 bits per heavy atom. The van der Waals surface area contributed by atoms with Gasteiger partial charge in [0.05, 0.1) is 0 Å². The van der Waals surface area contributed by atoms with E-state index in [4.69, 9.17) is 10.2 Å². The Labute approximate surface area is 122 Å². The third-order valence-electron chi connectivity index (χ3n) is 2.36. The minimum atomic E-state index is -1.33. The van der Waals surface area contributed by atoms with E-state index < -0.39 is 37.0 Å². The summed E-state index contributed by atoms with van der Waals surface area (Å²) in [5.41, 5.74) is 0. The number of amides is 3. The van der Waals surface area contributed by atoms with Crippen LogP contribution < -0.4 is 5.32 Å². The molecular weight excluding hydrogens is 282 g/mol. The van der Waals surface area contributed by atoms with Crippen LogP contribution in [0.3, 0.4) is 0 Å². The Balaban J connectivity index is 4.86. The SMILES string of the molecule is CCN(CC(=O)NC(C)C)C(=O)N(CC(=O)O)CC(=O)O. The minimum absolute atomic E-state index is 0.0968. The highest BCUT2D eigenvalue weighted by molar-refractivity contribution is 5.87. The van der Waals surface area contributed by atoms with E-state index in [0.29, 0.717) is 4.90 Å². The smallest absolute Gasteiger partial charge is 0.323 e. The summed E-state index contributed by atoms with van der Waals surface area (Å²) in [7, 11) is 0. The molecular formula is C12H21N3O6. The zero-order chi connectivity index (χ0) is 16.6. The molecule has 3 amide bonds. The average Bonchev–Trinajstić information content (AvgIpc) is 2.32. The number of aliphatic carboxylic acids is 2.